The topological polar surface area (TPSA) is 59.0 Å². The van der Waals surface area contributed by atoms with E-state index in [-0.39, 0.29) is 12.7 Å². The first-order valence-electron chi connectivity index (χ1n) is 8.51. The largest absolute Gasteiger partial charge is 0.481 e. The highest BCUT2D eigenvalue weighted by Gasteiger charge is 2.37. The summed E-state index contributed by atoms with van der Waals surface area (Å²) >= 11 is 0. The smallest absolute Gasteiger partial charge is 0.309 e. The van der Waals surface area contributed by atoms with Crippen molar-refractivity contribution in [3.05, 3.63) is 47.9 Å². The van der Waals surface area contributed by atoms with Gasteiger partial charge < -0.3 is 19.5 Å². The van der Waals surface area contributed by atoms with Crippen molar-refractivity contribution in [2.45, 2.75) is 26.2 Å². The van der Waals surface area contributed by atoms with Gasteiger partial charge in [-0.2, -0.15) is 0 Å². The number of benzene rings is 1. The van der Waals surface area contributed by atoms with Crippen molar-refractivity contribution in [2.24, 2.45) is 11.3 Å². The molecule has 0 amide bonds. The molecule has 0 bridgehead atoms. The summed E-state index contributed by atoms with van der Waals surface area (Å²) in [5, 5.41) is 9.37. The molecule has 130 valence electrons. The van der Waals surface area contributed by atoms with Crippen molar-refractivity contribution in [3.8, 4) is 0 Å². The van der Waals surface area contributed by atoms with Crippen LogP contribution < -0.4 is 0 Å². The highest BCUT2D eigenvalue weighted by atomic mass is 16.7. The Morgan fingerprint density at radius 1 is 1.29 bits per heavy atom. The van der Waals surface area contributed by atoms with Crippen LogP contribution in [0.1, 0.15) is 25.3 Å². The molecule has 5 heteroatoms. The van der Waals surface area contributed by atoms with Crippen LogP contribution in [0.2, 0.25) is 0 Å². The standard InChI is InChI=1S/C19H25NO4/c1-19(18(21)22)7-9-20(10-8-19)12-16(17-13-23-14-24-17)11-15-5-3-2-4-6-15/h2-6,13,16H,7-12,14H2,1H3,(H,21,22). The van der Waals surface area contributed by atoms with Crippen molar-refractivity contribution in [1.82, 2.24) is 4.90 Å². The summed E-state index contributed by atoms with van der Waals surface area (Å²) in [6, 6.07) is 10.4. The van der Waals surface area contributed by atoms with Gasteiger partial charge in [0.15, 0.2) is 0 Å². The van der Waals surface area contributed by atoms with Crippen LogP contribution in [0.5, 0.6) is 0 Å². The lowest BCUT2D eigenvalue weighted by atomic mass is 9.80. The van der Waals surface area contributed by atoms with Gasteiger partial charge in [-0.1, -0.05) is 30.3 Å². The minimum Gasteiger partial charge on any atom is -0.481 e. The number of carboxylic acid groups (broad SMARTS) is 1. The zero-order chi connectivity index (χ0) is 17.0. The molecule has 0 aromatic heterocycles. The lowest BCUT2D eigenvalue weighted by molar-refractivity contribution is -0.150. The summed E-state index contributed by atoms with van der Waals surface area (Å²) in [7, 11) is 0. The minimum absolute atomic E-state index is 0.226. The van der Waals surface area contributed by atoms with E-state index >= 15 is 0 Å². The Kier molecular flexibility index (Phi) is 5.09. The quantitative estimate of drug-likeness (QED) is 0.868. The molecule has 2 aliphatic heterocycles. The summed E-state index contributed by atoms with van der Waals surface area (Å²) in [5.41, 5.74) is 0.684. The molecule has 1 saturated heterocycles. The third-order valence-electron chi connectivity index (χ3n) is 5.17. The Labute approximate surface area is 142 Å². The second kappa shape index (κ2) is 7.26. The SMILES string of the molecule is CC1(C(=O)O)CCN(CC(Cc2ccccc2)C2=COCO2)CC1. The maximum absolute atomic E-state index is 11.4. The van der Waals surface area contributed by atoms with Gasteiger partial charge in [-0.15, -0.1) is 0 Å². The van der Waals surface area contributed by atoms with Crippen molar-refractivity contribution in [3.63, 3.8) is 0 Å². The maximum atomic E-state index is 11.4. The molecule has 0 saturated carbocycles. The fourth-order valence-corrected chi connectivity index (χ4v) is 3.37. The molecule has 1 fully saturated rings. The minimum atomic E-state index is -0.682. The molecule has 1 aromatic rings. The number of rotatable bonds is 6. The monoisotopic (exact) mass is 331 g/mol. The van der Waals surface area contributed by atoms with Gasteiger partial charge in [0, 0.05) is 12.5 Å². The van der Waals surface area contributed by atoms with Crippen molar-refractivity contribution < 1.29 is 19.4 Å². The molecule has 1 N–H and O–H groups in total. The van der Waals surface area contributed by atoms with Crippen LogP contribution >= 0.6 is 0 Å². The third-order valence-corrected chi connectivity index (χ3v) is 5.17. The summed E-state index contributed by atoms with van der Waals surface area (Å²) in [6.07, 6.45) is 4.00. The van der Waals surface area contributed by atoms with Crippen LogP contribution in [0.3, 0.4) is 0 Å². The summed E-state index contributed by atoms with van der Waals surface area (Å²) < 4.78 is 10.9. The first-order chi connectivity index (χ1) is 11.6. The zero-order valence-electron chi connectivity index (χ0n) is 14.1. The van der Waals surface area contributed by atoms with Crippen LogP contribution in [0.4, 0.5) is 0 Å². The van der Waals surface area contributed by atoms with Gasteiger partial charge in [-0.05, 0) is 44.8 Å². The number of piperidine rings is 1. The molecular weight excluding hydrogens is 306 g/mol. The van der Waals surface area contributed by atoms with E-state index < -0.39 is 11.4 Å². The second-order valence-corrected chi connectivity index (χ2v) is 7.00. The average Bonchev–Trinajstić information content (AvgIpc) is 3.12. The molecular formula is C19H25NO4. The van der Waals surface area contributed by atoms with E-state index in [0.717, 1.165) is 31.8 Å². The second-order valence-electron chi connectivity index (χ2n) is 7.00. The first-order valence-corrected chi connectivity index (χ1v) is 8.51. The Balaban J connectivity index is 1.63. The van der Waals surface area contributed by atoms with E-state index in [1.165, 1.54) is 5.56 Å². The predicted octanol–water partition coefficient (Wildman–Crippen LogP) is 2.88. The average molecular weight is 331 g/mol. The number of aliphatic carboxylic acids is 1. The first kappa shape index (κ1) is 16.8. The molecule has 3 rings (SSSR count). The zero-order valence-corrected chi connectivity index (χ0v) is 14.1. The van der Waals surface area contributed by atoms with Gasteiger partial charge in [-0.25, -0.2) is 0 Å². The number of nitrogens with zero attached hydrogens (tertiary/aromatic N) is 1. The third kappa shape index (κ3) is 3.90. The number of likely N-dealkylation sites (tertiary alicyclic amines) is 1. The number of carboxylic acids is 1. The Bertz CT molecular complexity index is 591. The lowest BCUT2D eigenvalue weighted by Crippen LogP contribution is -2.44. The molecule has 1 aromatic carbocycles. The summed E-state index contributed by atoms with van der Waals surface area (Å²) in [6.45, 7) is 4.62. The van der Waals surface area contributed by atoms with E-state index in [9.17, 15) is 9.90 Å². The Hall–Kier alpha value is -2.01. The molecule has 0 aliphatic carbocycles. The summed E-state index contributed by atoms with van der Waals surface area (Å²) in [5.74, 6) is 0.438. The van der Waals surface area contributed by atoms with E-state index in [1.54, 1.807) is 6.26 Å². The molecule has 2 aliphatic rings. The number of carbonyl (C=O) groups is 1. The van der Waals surface area contributed by atoms with Gasteiger partial charge in [0.2, 0.25) is 6.79 Å². The predicted molar refractivity (Wildman–Crippen MR) is 90.2 cm³/mol. The molecule has 24 heavy (non-hydrogen) atoms. The van der Waals surface area contributed by atoms with Crippen molar-refractivity contribution in [2.75, 3.05) is 26.4 Å². The van der Waals surface area contributed by atoms with Crippen LogP contribution in [0.25, 0.3) is 0 Å². The van der Waals surface area contributed by atoms with Crippen molar-refractivity contribution >= 4 is 5.97 Å². The van der Waals surface area contributed by atoms with Crippen LogP contribution in [0.15, 0.2) is 42.4 Å². The fourth-order valence-electron chi connectivity index (χ4n) is 3.37. The van der Waals surface area contributed by atoms with Crippen molar-refractivity contribution in [1.29, 1.82) is 0 Å². The molecule has 2 heterocycles. The van der Waals surface area contributed by atoms with Gasteiger partial charge in [0.25, 0.3) is 0 Å². The Morgan fingerprint density at radius 2 is 2.00 bits per heavy atom. The van der Waals surface area contributed by atoms with Gasteiger partial charge >= 0.3 is 5.97 Å². The molecule has 1 unspecified atom stereocenters. The molecule has 5 nitrogen and oxygen atoms in total. The fraction of sp³-hybridized carbons (Fsp3) is 0.526. The van der Waals surface area contributed by atoms with E-state index in [2.05, 4.69) is 17.0 Å². The molecule has 1 atom stereocenters. The number of hydrogen-bond donors (Lipinski definition) is 1. The summed E-state index contributed by atoms with van der Waals surface area (Å²) in [4.78, 5) is 13.7. The van der Waals surface area contributed by atoms with E-state index in [0.29, 0.717) is 12.8 Å². The Morgan fingerprint density at radius 3 is 2.58 bits per heavy atom. The normalized spacial score (nSPS) is 21.5. The molecule has 0 radical (unpaired) electrons. The maximum Gasteiger partial charge on any atom is 0.309 e. The van der Waals surface area contributed by atoms with Gasteiger partial charge in [-0.3, -0.25) is 4.79 Å². The van der Waals surface area contributed by atoms with Crippen LogP contribution in [-0.2, 0) is 20.7 Å². The van der Waals surface area contributed by atoms with E-state index in [4.69, 9.17) is 9.47 Å². The lowest BCUT2D eigenvalue weighted by Gasteiger charge is -2.37. The van der Waals surface area contributed by atoms with Crippen LogP contribution in [-0.4, -0.2) is 42.4 Å². The highest BCUT2D eigenvalue weighted by molar-refractivity contribution is 5.74. The van der Waals surface area contributed by atoms with E-state index in [1.807, 2.05) is 25.1 Å². The van der Waals surface area contributed by atoms with Crippen LogP contribution in [0, 0.1) is 11.3 Å². The number of ether oxygens (including phenoxy) is 2. The molecule has 0 spiro atoms. The number of hydrogen-bond acceptors (Lipinski definition) is 4. The van der Waals surface area contributed by atoms with Gasteiger partial charge in [0.05, 0.1) is 5.41 Å². The highest BCUT2D eigenvalue weighted by Crippen LogP contribution is 2.32. The van der Waals surface area contributed by atoms with Gasteiger partial charge in [0.1, 0.15) is 12.0 Å².